The summed E-state index contributed by atoms with van der Waals surface area (Å²) < 4.78 is 33.0. The van der Waals surface area contributed by atoms with Crippen LogP contribution in [0.25, 0.3) is 0 Å². The van der Waals surface area contributed by atoms with Crippen molar-refractivity contribution in [3.63, 3.8) is 0 Å². The van der Waals surface area contributed by atoms with E-state index in [1.54, 1.807) is 0 Å². The van der Waals surface area contributed by atoms with Gasteiger partial charge in [0.25, 0.3) is 0 Å². The summed E-state index contributed by atoms with van der Waals surface area (Å²) in [4.78, 5) is 8.78. The van der Waals surface area contributed by atoms with E-state index in [9.17, 15) is 13.2 Å². The highest BCUT2D eigenvalue weighted by Gasteiger charge is 2.29. The van der Waals surface area contributed by atoms with E-state index in [0.29, 0.717) is 0 Å². The number of halogens is 3. The Balaban J connectivity index is 0. The van der Waals surface area contributed by atoms with Gasteiger partial charge in [-0.05, 0) is 51.4 Å². The Labute approximate surface area is 222 Å². The van der Waals surface area contributed by atoms with Gasteiger partial charge in [0.2, 0.25) is 0 Å². The van der Waals surface area contributed by atoms with Crippen LogP contribution in [-0.2, 0) is 4.79 Å². The van der Waals surface area contributed by atoms with Gasteiger partial charge in [0.15, 0.2) is 0 Å². The summed E-state index contributed by atoms with van der Waals surface area (Å²) >= 11 is 0. The summed E-state index contributed by atoms with van der Waals surface area (Å²) in [5.41, 5.74) is 0. The lowest BCUT2D eigenvalue weighted by Gasteiger charge is -2.39. The van der Waals surface area contributed by atoms with Gasteiger partial charge in [-0.25, -0.2) is 0 Å². The third kappa shape index (κ3) is 24.9. The molecular weight excluding hydrogens is 463 g/mol. The van der Waals surface area contributed by atoms with Gasteiger partial charge in [-0.15, -0.1) is 0 Å². The number of carboxylic acid groups (broad SMARTS) is 1. The fourth-order valence-electron chi connectivity index (χ4n) is 4.87. The molecule has 218 valence electrons. The Kier molecular flexibility index (Phi) is 26.8. The second-order valence-corrected chi connectivity index (χ2v) is 10.7. The average Bonchev–Trinajstić information content (AvgIpc) is 2.83. The van der Waals surface area contributed by atoms with E-state index in [2.05, 4.69) is 27.7 Å². The first-order valence-corrected chi connectivity index (χ1v) is 15.3. The van der Waals surface area contributed by atoms with Gasteiger partial charge in [0.05, 0.1) is 26.2 Å². The maximum atomic E-state index is 10.5. The lowest BCUT2D eigenvalue weighted by atomic mass is 10.1. The largest absolute Gasteiger partial charge is 0.542 e. The number of alkyl halides is 3. The van der Waals surface area contributed by atoms with Gasteiger partial charge < -0.3 is 14.4 Å². The molecule has 0 atom stereocenters. The van der Waals surface area contributed by atoms with Gasteiger partial charge in [-0.2, -0.15) is 13.2 Å². The molecule has 0 radical (unpaired) electrons. The second-order valence-electron chi connectivity index (χ2n) is 10.7. The SMILES string of the molecule is CCCCCCC[N+](CCCCCCC)(CCCCCCC)CCCCCCC.O=C([O-])C(F)(F)F. The van der Waals surface area contributed by atoms with Crippen LogP contribution >= 0.6 is 0 Å². The molecule has 0 spiro atoms. The lowest BCUT2D eigenvalue weighted by Crippen LogP contribution is -2.50. The third-order valence-corrected chi connectivity index (χ3v) is 7.18. The molecule has 6 heteroatoms. The Morgan fingerprint density at radius 2 is 0.694 bits per heavy atom. The first-order chi connectivity index (χ1) is 17.2. The van der Waals surface area contributed by atoms with Crippen LogP contribution in [0.2, 0.25) is 0 Å². The molecule has 0 amide bonds. The molecule has 0 saturated heterocycles. The van der Waals surface area contributed by atoms with Crippen LogP contribution in [0.3, 0.4) is 0 Å². The van der Waals surface area contributed by atoms with Crippen molar-refractivity contribution in [1.29, 1.82) is 0 Å². The van der Waals surface area contributed by atoms with Crippen molar-refractivity contribution in [2.24, 2.45) is 0 Å². The van der Waals surface area contributed by atoms with Gasteiger partial charge in [0.1, 0.15) is 5.97 Å². The van der Waals surface area contributed by atoms with Crippen LogP contribution in [0, 0.1) is 0 Å². The smallest absolute Gasteiger partial charge is 0.430 e. The molecular formula is C30H60F3NO2. The molecule has 0 unspecified atom stereocenters. The van der Waals surface area contributed by atoms with Crippen molar-refractivity contribution in [1.82, 2.24) is 0 Å². The standard InChI is InChI=1S/C28H60N.C2HF3O2/c1-5-9-13-17-21-25-29(26-22-18-14-10-6-2,27-23-19-15-11-7-3)28-24-20-16-12-8-4;3-2(4,5)1(6)7/h5-28H2,1-4H3;(H,6,7)/q+1;/p-1. The molecule has 0 aliphatic rings. The number of carboxylic acids is 1. The highest BCUT2D eigenvalue weighted by atomic mass is 19.4. The number of carbonyl (C=O) groups is 1. The predicted molar refractivity (Wildman–Crippen MR) is 146 cm³/mol. The minimum absolute atomic E-state index is 1.37. The molecule has 0 aromatic carbocycles. The highest BCUT2D eigenvalue weighted by molar-refractivity contribution is 5.70. The van der Waals surface area contributed by atoms with Crippen molar-refractivity contribution >= 4 is 5.97 Å². The average molecular weight is 524 g/mol. The molecule has 0 aliphatic heterocycles. The first kappa shape index (κ1) is 37.4. The number of hydrogen-bond donors (Lipinski definition) is 0. The van der Waals surface area contributed by atoms with Gasteiger partial charge in [-0.1, -0.05) is 105 Å². The Hall–Kier alpha value is -0.780. The zero-order chi connectivity index (χ0) is 27.5. The molecule has 0 rings (SSSR count). The molecule has 0 N–H and O–H groups in total. The minimum Gasteiger partial charge on any atom is -0.542 e. The Morgan fingerprint density at radius 1 is 0.500 bits per heavy atom. The molecule has 0 saturated carbocycles. The fraction of sp³-hybridized carbons (Fsp3) is 0.967. The third-order valence-electron chi connectivity index (χ3n) is 7.18. The Morgan fingerprint density at radius 3 is 0.861 bits per heavy atom. The predicted octanol–water partition coefficient (Wildman–Crippen LogP) is 8.98. The monoisotopic (exact) mass is 523 g/mol. The van der Waals surface area contributed by atoms with Crippen LogP contribution in [0.1, 0.15) is 156 Å². The normalized spacial score (nSPS) is 11.9. The van der Waals surface area contributed by atoms with Crippen molar-refractivity contribution in [2.45, 2.75) is 162 Å². The topological polar surface area (TPSA) is 40.1 Å². The van der Waals surface area contributed by atoms with Gasteiger partial charge in [0, 0.05) is 0 Å². The van der Waals surface area contributed by atoms with Crippen molar-refractivity contribution in [3.8, 4) is 0 Å². The number of aliphatic carboxylic acids is 1. The summed E-state index contributed by atoms with van der Waals surface area (Å²) in [5, 5.41) is 8.78. The summed E-state index contributed by atoms with van der Waals surface area (Å²) in [5.74, 6) is -3.01. The van der Waals surface area contributed by atoms with Crippen LogP contribution in [0.4, 0.5) is 13.2 Å². The second kappa shape index (κ2) is 25.9. The molecule has 0 bridgehead atoms. The number of quaternary nitrogens is 1. The van der Waals surface area contributed by atoms with Crippen LogP contribution < -0.4 is 5.11 Å². The molecule has 36 heavy (non-hydrogen) atoms. The van der Waals surface area contributed by atoms with Crippen molar-refractivity contribution in [3.05, 3.63) is 0 Å². The highest BCUT2D eigenvalue weighted by Crippen LogP contribution is 2.20. The van der Waals surface area contributed by atoms with Crippen LogP contribution in [0.5, 0.6) is 0 Å². The van der Waals surface area contributed by atoms with E-state index in [4.69, 9.17) is 9.90 Å². The lowest BCUT2D eigenvalue weighted by molar-refractivity contribution is -0.929. The van der Waals surface area contributed by atoms with E-state index < -0.39 is 12.1 Å². The number of unbranched alkanes of at least 4 members (excludes halogenated alkanes) is 16. The molecule has 0 heterocycles. The number of nitrogens with zero attached hydrogens (tertiary/aromatic N) is 1. The number of rotatable bonds is 24. The quantitative estimate of drug-likeness (QED) is 0.0935. The molecule has 3 nitrogen and oxygen atoms in total. The van der Waals surface area contributed by atoms with Gasteiger partial charge in [-0.3, -0.25) is 0 Å². The van der Waals surface area contributed by atoms with E-state index in [-0.39, 0.29) is 0 Å². The maximum absolute atomic E-state index is 10.5. The summed E-state index contributed by atoms with van der Waals surface area (Å²) in [6, 6.07) is 0. The van der Waals surface area contributed by atoms with E-state index in [1.165, 1.54) is 159 Å². The maximum Gasteiger partial charge on any atom is 0.430 e. The Bertz CT molecular complexity index is 408. The van der Waals surface area contributed by atoms with Gasteiger partial charge >= 0.3 is 6.18 Å². The van der Waals surface area contributed by atoms with E-state index in [0.717, 1.165) is 0 Å². The fourth-order valence-corrected chi connectivity index (χ4v) is 4.87. The number of carbonyl (C=O) groups excluding carboxylic acids is 1. The van der Waals surface area contributed by atoms with Crippen LogP contribution in [-0.4, -0.2) is 42.8 Å². The molecule has 0 aliphatic carbocycles. The van der Waals surface area contributed by atoms with Crippen molar-refractivity contribution in [2.75, 3.05) is 26.2 Å². The zero-order valence-electron chi connectivity index (χ0n) is 24.4. The van der Waals surface area contributed by atoms with E-state index in [1.807, 2.05) is 0 Å². The molecule has 0 aromatic heterocycles. The summed E-state index contributed by atoms with van der Waals surface area (Å²) in [6.07, 6.45) is 23.6. The van der Waals surface area contributed by atoms with Crippen molar-refractivity contribution < 1.29 is 27.6 Å². The van der Waals surface area contributed by atoms with E-state index >= 15 is 0 Å². The summed E-state index contributed by atoms with van der Waals surface area (Å²) in [7, 11) is 0. The minimum atomic E-state index is -5.19. The van der Waals surface area contributed by atoms with Crippen LogP contribution in [0.15, 0.2) is 0 Å². The molecule has 0 aromatic rings. The first-order valence-electron chi connectivity index (χ1n) is 15.3. The molecule has 0 fully saturated rings. The number of hydrogen-bond acceptors (Lipinski definition) is 2. The summed E-state index contributed by atoms with van der Waals surface area (Å²) in [6.45, 7) is 15.2. The zero-order valence-corrected chi connectivity index (χ0v) is 24.4.